The second-order valence-electron chi connectivity index (χ2n) is 5.42. The normalized spacial score (nSPS) is 17.9. The molecule has 120 valence electrons. The second-order valence-corrected chi connectivity index (χ2v) is 6.61. The number of carbonyl (C=O) groups excluding carboxylic acids is 2. The standard InChI is InChI=1S/C15H15FN4O2S/c1-8(21)23-7-9-5-12(22)20(6-9)14-13-10(16)3-2-4-11(13)18-15(17)19-14/h2-4,9H,5-7H2,1H3,(H2,17,18,19). The minimum absolute atomic E-state index is 0.00698. The third-order valence-electron chi connectivity index (χ3n) is 3.65. The molecular weight excluding hydrogens is 319 g/mol. The van der Waals surface area contributed by atoms with Crippen LogP contribution < -0.4 is 10.6 Å². The number of hydrogen-bond acceptors (Lipinski definition) is 6. The van der Waals surface area contributed by atoms with Gasteiger partial charge in [0.15, 0.2) is 10.9 Å². The molecule has 1 unspecified atom stereocenters. The summed E-state index contributed by atoms with van der Waals surface area (Å²) in [6, 6.07) is 4.46. The molecule has 2 aromatic rings. The highest BCUT2D eigenvalue weighted by Crippen LogP contribution is 2.32. The summed E-state index contributed by atoms with van der Waals surface area (Å²) in [5, 5.41) is 0.202. The number of nitrogen functional groups attached to an aromatic ring is 1. The Kier molecular flexibility index (Phi) is 4.16. The Morgan fingerprint density at radius 3 is 3.00 bits per heavy atom. The average molecular weight is 334 g/mol. The highest BCUT2D eigenvalue weighted by molar-refractivity contribution is 8.13. The van der Waals surface area contributed by atoms with Crippen molar-refractivity contribution in [2.24, 2.45) is 5.92 Å². The lowest BCUT2D eigenvalue weighted by molar-refractivity contribution is -0.117. The molecule has 2 heterocycles. The fraction of sp³-hybridized carbons (Fsp3) is 0.333. The fourth-order valence-electron chi connectivity index (χ4n) is 2.67. The monoisotopic (exact) mass is 334 g/mol. The maximum absolute atomic E-state index is 14.2. The van der Waals surface area contributed by atoms with Crippen molar-refractivity contribution >= 4 is 45.5 Å². The zero-order valence-corrected chi connectivity index (χ0v) is 13.3. The molecule has 1 amide bonds. The van der Waals surface area contributed by atoms with Gasteiger partial charge in [0.05, 0.1) is 10.9 Å². The average Bonchev–Trinajstić information content (AvgIpc) is 2.85. The number of nitrogens with zero attached hydrogens (tertiary/aromatic N) is 3. The van der Waals surface area contributed by atoms with Crippen LogP contribution in [0.1, 0.15) is 13.3 Å². The van der Waals surface area contributed by atoms with Crippen LogP contribution in [0.3, 0.4) is 0 Å². The number of carbonyl (C=O) groups is 2. The summed E-state index contributed by atoms with van der Waals surface area (Å²) >= 11 is 1.19. The maximum atomic E-state index is 14.2. The topological polar surface area (TPSA) is 89.2 Å². The van der Waals surface area contributed by atoms with E-state index in [1.165, 1.54) is 35.7 Å². The minimum atomic E-state index is -0.494. The predicted molar refractivity (Wildman–Crippen MR) is 87.5 cm³/mol. The number of hydrogen-bond donors (Lipinski definition) is 1. The zero-order valence-electron chi connectivity index (χ0n) is 12.5. The van der Waals surface area contributed by atoms with Gasteiger partial charge in [-0.3, -0.25) is 14.5 Å². The minimum Gasteiger partial charge on any atom is -0.368 e. The number of thioether (sulfide) groups is 1. The Hall–Kier alpha value is -2.22. The molecule has 1 saturated heterocycles. The molecule has 8 heteroatoms. The molecular formula is C15H15FN4O2S. The van der Waals surface area contributed by atoms with Crippen molar-refractivity contribution < 1.29 is 14.0 Å². The first kappa shape index (κ1) is 15.7. The molecule has 0 spiro atoms. The van der Waals surface area contributed by atoms with E-state index in [-0.39, 0.29) is 34.1 Å². The van der Waals surface area contributed by atoms with E-state index >= 15 is 0 Å². The van der Waals surface area contributed by atoms with Crippen LogP contribution >= 0.6 is 11.8 Å². The van der Waals surface area contributed by atoms with Gasteiger partial charge in [0, 0.05) is 25.6 Å². The molecule has 0 aliphatic carbocycles. The molecule has 0 radical (unpaired) electrons. The maximum Gasteiger partial charge on any atom is 0.228 e. The highest BCUT2D eigenvalue weighted by atomic mass is 32.2. The Morgan fingerprint density at radius 1 is 1.48 bits per heavy atom. The van der Waals surface area contributed by atoms with Crippen molar-refractivity contribution in [1.29, 1.82) is 0 Å². The first-order chi connectivity index (χ1) is 11.0. The molecule has 23 heavy (non-hydrogen) atoms. The lowest BCUT2D eigenvalue weighted by Crippen LogP contribution is -2.26. The van der Waals surface area contributed by atoms with Crippen molar-refractivity contribution in [2.75, 3.05) is 22.9 Å². The van der Waals surface area contributed by atoms with Gasteiger partial charge in [-0.25, -0.2) is 9.37 Å². The van der Waals surface area contributed by atoms with E-state index in [1.54, 1.807) is 6.07 Å². The molecule has 1 fully saturated rings. The summed E-state index contributed by atoms with van der Waals surface area (Å²) in [7, 11) is 0. The van der Waals surface area contributed by atoms with Gasteiger partial charge in [-0.2, -0.15) is 4.98 Å². The van der Waals surface area contributed by atoms with E-state index in [2.05, 4.69) is 9.97 Å². The van der Waals surface area contributed by atoms with Gasteiger partial charge < -0.3 is 5.73 Å². The predicted octanol–water partition coefficient (Wildman–Crippen LogP) is 1.98. The van der Waals surface area contributed by atoms with Gasteiger partial charge in [0.2, 0.25) is 11.9 Å². The van der Waals surface area contributed by atoms with Crippen molar-refractivity contribution in [3.8, 4) is 0 Å². The summed E-state index contributed by atoms with van der Waals surface area (Å²) in [5.74, 6) is 0.125. The largest absolute Gasteiger partial charge is 0.368 e. The van der Waals surface area contributed by atoms with Crippen LogP contribution in [-0.4, -0.2) is 33.3 Å². The van der Waals surface area contributed by atoms with E-state index in [0.29, 0.717) is 24.2 Å². The van der Waals surface area contributed by atoms with Crippen molar-refractivity contribution in [3.63, 3.8) is 0 Å². The Labute approximate surface area is 136 Å². The van der Waals surface area contributed by atoms with Crippen molar-refractivity contribution in [2.45, 2.75) is 13.3 Å². The van der Waals surface area contributed by atoms with Crippen LogP contribution in [0.4, 0.5) is 16.2 Å². The van der Waals surface area contributed by atoms with Gasteiger partial charge in [-0.1, -0.05) is 17.8 Å². The van der Waals surface area contributed by atoms with Crippen LogP contribution in [0.25, 0.3) is 10.9 Å². The fourth-order valence-corrected chi connectivity index (χ4v) is 3.36. The first-order valence-electron chi connectivity index (χ1n) is 7.11. The van der Waals surface area contributed by atoms with Gasteiger partial charge in [0.1, 0.15) is 5.82 Å². The number of aromatic nitrogens is 2. The zero-order chi connectivity index (χ0) is 16.6. The van der Waals surface area contributed by atoms with E-state index in [1.807, 2.05) is 0 Å². The van der Waals surface area contributed by atoms with E-state index in [9.17, 15) is 14.0 Å². The summed E-state index contributed by atoms with van der Waals surface area (Å²) < 4.78 is 14.2. The summed E-state index contributed by atoms with van der Waals surface area (Å²) in [5.41, 5.74) is 6.05. The third kappa shape index (κ3) is 3.12. The third-order valence-corrected chi connectivity index (χ3v) is 4.70. The molecule has 1 aromatic carbocycles. The molecule has 0 saturated carbocycles. The smallest absolute Gasteiger partial charge is 0.228 e. The van der Waals surface area contributed by atoms with Gasteiger partial charge in [-0.05, 0) is 18.1 Å². The van der Waals surface area contributed by atoms with Crippen LogP contribution in [-0.2, 0) is 9.59 Å². The van der Waals surface area contributed by atoms with Crippen LogP contribution in [0.5, 0.6) is 0 Å². The van der Waals surface area contributed by atoms with Crippen LogP contribution in [0.2, 0.25) is 0 Å². The SMILES string of the molecule is CC(=O)SCC1CC(=O)N(c2nc(N)nc3cccc(F)c23)C1. The molecule has 1 atom stereocenters. The lowest BCUT2D eigenvalue weighted by atomic mass is 10.1. The number of nitrogens with two attached hydrogens (primary N) is 1. The van der Waals surface area contributed by atoms with Crippen LogP contribution in [0.15, 0.2) is 18.2 Å². The number of fused-ring (bicyclic) bond motifs is 1. The summed E-state index contributed by atoms with van der Waals surface area (Å²) in [6.45, 7) is 1.88. The van der Waals surface area contributed by atoms with E-state index < -0.39 is 5.82 Å². The Balaban J connectivity index is 1.97. The Morgan fingerprint density at radius 2 is 2.26 bits per heavy atom. The molecule has 1 aliphatic rings. The Bertz CT molecular complexity index is 798. The number of amides is 1. The molecule has 6 nitrogen and oxygen atoms in total. The molecule has 0 bridgehead atoms. The molecule has 1 aromatic heterocycles. The lowest BCUT2D eigenvalue weighted by Gasteiger charge is -2.18. The molecule has 2 N–H and O–H groups in total. The van der Waals surface area contributed by atoms with Crippen LogP contribution in [0, 0.1) is 11.7 Å². The van der Waals surface area contributed by atoms with Gasteiger partial charge >= 0.3 is 0 Å². The second kappa shape index (κ2) is 6.11. The van der Waals surface area contributed by atoms with Gasteiger partial charge in [-0.15, -0.1) is 0 Å². The summed E-state index contributed by atoms with van der Waals surface area (Å²) in [6.07, 6.45) is 0.306. The van der Waals surface area contributed by atoms with Crippen molar-refractivity contribution in [1.82, 2.24) is 9.97 Å². The number of benzene rings is 1. The van der Waals surface area contributed by atoms with E-state index in [4.69, 9.17) is 5.73 Å². The number of rotatable bonds is 3. The number of anilines is 2. The number of halogens is 1. The highest BCUT2D eigenvalue weighted by Gasteiger charge is 2.33. The molecule has 3 rings (SSSR count). The van der Waals surface area contributed by atoms with E-state index in [0.717, 1.165) is 0 Å². The quantitative estimate of drug-likeness (QED) is 0.923. The molecule has 1 aliphatic heterocycles. The van der Waals surface area contributed by atoms with Crippen molar-refractivity contribution in [3.05, 3.63) is 24.0 Å². The van der Waals surface area contributed by atoms with Gasteiger partial charge in [0.25, 0.3) is 0 Å². The first-order valence-corrected chi connectivity index (χ1v) is 8.09. The summed E-state index contributed by atoms with van der Waals surface area (Å²) in [4.78, 5) is 32.9.